The molecule has 0 saturated heterocycles. The second-order valence-electron chi connectivity index (χ2n) is 2.94. The normalized spacial score (nSPS) is 9.07. The molecule has 0 saturated carbocycles. The van der Waals surface area contributed by atoms with Crippen LogP contribution in [0.5, 0.6) is 0 Å². The number of hydrogen-bond acceptors (Lipinski definition) is 2. The van der Waals surface area contributed by atoms with Gasteiger partial charge in [0.05, 0.1) is 0 Å². The molecule has 2 nitrogen and oxygen atoms in total. The number of benzene rings is 1. The van der Waals surface area contributed by atoms with Crippen molar-refractivity contribution in [2.75, 3.05) is 0 Å². The van der Waals surface area contributed by atoms with Crippen LogP contribution in [0.15, 0.2) is 46.9 Å². The van der Waals surface area contributed by atoms with E-state index in [1.54, 1.807) is 12.1 Å². The number of hydrogen-bond donors (Lipinski definition) is 0. The average Bonchev–Trinajstić information content (AvgIpc) is 2.76. The van der Waals surface area contributed by atoms with E-state index in [9.17, 15) is 4.79 Å². The van der Waals surface area contributed by atoms with Crippen LogP contribution in [0.4, 0.5) is 0 Å². The Kier molecular flexibility index (Phi) is 2.66. The van der Waals surface area contributed by atoms with Crippen molar-refractivity contribution in [2.24, 2.45) is 0 Å². The summed E-state index contributed by atoms with van der Waals surface area (Å²) in [5.41, 5.74) is 0.918. The molecule has 2 rings (SSSR count). The maximum absolute atomic E-state index is 10.4. The number of rotatable bonds is 1. The fourth-order valence-corrected chi connectivity index (χ4v) is 1.14. The van der Waals surface area contributed by atoms with E-state index in [-0.39, 0.29) is 0 Å². The van der Waals surface area contributed by atoms with E-state index in [1.165, 1.54) is 0 Å². The molecule has 72 valence electrons. The van der Waals surface area contributed by atoms with Crippen LogP contribution in [0.2, 0.25) is 0 Å². The van der Waals surface area contributed by atoms with Crippen LogP contribution in [0.1, 0.15) is 21.9 Å². The quantitative estimate of drug-likeness (QED) is 0.518. The first-order chi connectivity index (χ1) is 7.38. The second kappa shape index (κ2) is 4.30. The Labute approximate surface area is 87.5 Å². The van der Waals surface area contributed by atoms with E-state index in [0.717, 1.165) is 5.56 Å². The van der Waals surface area contributed by atoms with Crippen molar-refractivity contribution >= 4 is 6.29 Å². The largest absolute Gasteiger partial charge is 0.445 e. The molecule has 15 heavy (non-hydrogen) atoms. The molecular weight excluding hydrogens is 188 g/mol. The smallest absolute Gasteiger partial charge is 0.185 e. The van der Waals surface area contributed by atoms with E-state index in [2.05, 4.69) is 11.8 Å². The third-order valence-electron chi connectivity index (χ3n) is 1.85. The predicted octanol–water partition coefficient (Wildman–Crippen LogP) is 2.49. The highest BCUT2D eigenvalue weighted by atomic mass is 16.3. The summed E-state index contributed by atoms with van der Waals surface area (Å²) in [6, 6.07) is 12.9. The van der Waals surface area contributed by atoms with Gasteiger partial charge in [0.25, 0.3) is 0 Å². The highest BCUT2D eigenvalue weighted by molar-refractivity contribution is 5.70. The molecule has 1 aromatic carbocycles. The Morgan fingerprint density at radius 3 is 2.47 bits per heavy atom. The number of carbonyl (C=O) groups is 1. The SMILES string of the molecule is O=Cc1ccc(C#Cc2ccccc2)o1. The van der Waals surface area contributed by atoms with Gasteiger partial charge in [0.15, 0.2) is 17.8 Å². The Morgan fingerprint density at radius 1 is 1.00 bits per heavy atom. The summed E-state index contributed by atoms with van der Waals surface area (Å²) in [5, 5.41) is 0. The van der Waals surface area contributed by atoms with Gasteiger partial charge in [-0.1, -0.05) is 24.1 Å². The predicted molar refractivity (Wildman–Crippen MR) is 56.5 cm³/mol. The first-order valence-corrected chi connectivity index (χ1v) is 4.50. The summed E-state index contributed by atoms with van der Waals surface area (Å²) in [4.78, 5) is 10.4. The lowest BCUT2D eigenvalue weighted by Gasteiger charge is -1.85. The van der Waals surface area contributed by atoms with Gasteiger partial charge in [0.2, 0.25) is 0 Å². The van der Waals surface area contributed by atoms with Gasteiger partial charge in [-0.15, -0.1) is 0 Å². The molecule has 2 heteroatoms. The topological polar surface area (TPSA) is 30.2 Å². The van der Waals surface area contributed by atoms with E-state index in [0.29, 0.717) is 17.8 Å². The number of furan rings is 1. The average molecular weight is 196 g/mol. The molecule has 0 radical (unpaired) electrons. The minimum atomic E-state index is 0.298. The molecule has 0 atom stereocenters. The highest BCUT2D eigenvalue weighted by Crippen LogP contribution is 2.04. The zero-order chi connectivity index (χ0) is 10.5. The van der Waals surface area contributed by atoms with Gasteiger partial charge in [-0.25, -0.2) is 0 Å². The summed E-state index contributed by atoms with van der Waals surface area (Å²) < 4.78 is 5.11. The lowest BCUT2D eigenvalue weighted by molar-refractivity contribution is 0.110. The molecule has 0 aliphatic carbocycles. The van der Waals surface area contributed by atoms with E-state index < -0.39 is 0 Å². The molecule has 0 spiro atoms. The van der Waals surface area contributed by atoms with Crippen LogP contribution in [0.25, 0.3) is 0 Å². The molecule has 0 fully saturated rings. The van der Waals surface area contributed by atoms with E-state index in [4.69, 9.17) is 4.42 Å². The van der Waals surface area contributed by atoms with Gasteiger partial charge in [-0.3, -0.25) is 4.79 Å². The molecule has 1 aromatic heterocycles. The minimum absolute atomic E-state index is 0.298. The molecule has 0 unspecified atom stereocenters. The Hall–Kier alpha value is -2.27. The molecule has 0 bridgehead atoms. The van der Waals surface area contributed by atoms with Crippen molar-refractivity contribution < 1.29 is 9.21 Å². The van der Waals surface area contributed by atoms with Gasteiger partial charge in [0.1, 0.15) is 0 Å². The van der Waals surface area contributed by atoms with Crippen molar-refractivity contribution in [3.8, 4) is 11.8 Å². The molecule has 2 aromatic rings. The Balaban J connectivity index is 2.22. The molecule has 0 aliphatic heterocycles. The zero-order valence-electron chi connectivity index (χ0n) is 7.94. The monoisotopic (exact) mass is 196 g/mol. The van der Waals surface area contributed by atoms with Crippen LogP contribution in [0, 0.1) is 11.8 Å². The molecular formula is C13H8O2. The van der Waals surface area contributed by atoms with Crippen LogP contribution < -0.4 is 0 Å². The van der Waals surface area contributed by atoms with Gasteiger partial charge in [-0.2, -0.15) is 0 Å². The first kappa shape index (κ1) is 9.29. The van der Waals surface area contributed by atoms with Gasteiger partial charge in [-0.05, 0) is 30.2 Å². The van der Waals surface area contributed by atoms with Crippen molar-refractivity contribution in [1.29, 1.82) is 0 Å². The first-order valence-electron chi connectivity index (χ1n) is 4.50. The summed E-state index contributed by atoms with van der Waals surface area (Å²) in [6.45, 7) is 0. The molecule has 1 heterocycles. The summed E-state index contributed by atoms with van der Waals surface area (Å²) in [7, 11) is 0. The van der Waals surface area contributed by atoms with Crippen molar-refractivity contribution in [2.45, 2.75) is 0 Å². The highest BCUT2D eigenvalue weighted by Gasteiger charge is 1.95. The Morgan fingerprint density at radius 2 is 1.80 bits per heavy atom. The minimum Gasteiger partial charge on any atom is -0.445 e. The van der Waals surface area contributed by atoms with Crippen LogP contribution in [-0.4, -0.2) is 6.29 Å². The van der Waals surface area contributed by atoms with Crippen molar-refractivity contribution in [3.63, 3.8) is 0 Å². The van der Waals surface area contributed by atoms with Crippen molar-refractivity contribution in [1.82, 2.24) is 0 Å². The van der Waals surface area contributed by atoms with E-state index >= 15 is 0 Å². The standard InChI is InChI=1S/C13H8O2/c14-10-13-9-8-12(15-13)7-6-11-4-2-1-3-5-11/h1-5,8-10H. The van der Waals surface area contributed by atoms with Gasteiger partial charge >= 0.3 is 0 Å². The maximum Gasteiger partial charge on any atom is 0.185 e. The van der Waals surface area contributed by atoms with E-state index in [1.807, 2.05) is 30.3 Å². The third kappa shape index (κ3) is 2.35. The Bertz CT molecular complexity index is 512. The number of aldehydes is 1. The van der Waals surface area contributed by atoms with Crippen LogP contribution in [-0.2, 0) is 0 Å². The third-order valence-corrected chi connectivity index (χ3v) is 1.85. The molecule has 0 N–H and O–H groups in total. The summed E-state index contributed by atoms with van der Waals surface area (Å²) in [5.74, 6) is 6.58. The lowest BCUT2D eigenvalue weighted by Crippen LogP contribution is -1.72. The van der Waals surface area contributed by atoms with Crippen LogP contribution in [0.3, 0.4) is 0 Å². The molecule has 0 amide bonds. The fourth-order valence-electron chi connectivity index (χ4n) is 1.14. The maximum atomic E-state index is 10.4. The van der Waals surface area contributed by atoms with Crippen molar-refractivity contribution in [3.05, 3.63) is 59.5 Å². The lowest BCUT2D eigenvalue weighted by atomic mass is 10.2. The van der Waals surface area contributed by atoms with Gasteiger partial charge < -0.3 is 4.42 Å². The fraction of sp³-hybridized carbons (Fsp3) is 0. The summed E-state index contributed by atoms with van der Waals surface area (Å²) >= 11 is 0. The zero-order valence-corrected chi connectivity index (χ0v) is 7.94. The molecule has 0 aliphatic rings. The second-order valence-corrected chi connectivity index (χ2v) is 2.94. The van der Waals surface area contributed by atoms with Crippen LogP contribution >= 0.6 is 0 Å². The van der Waals surface area contributed by atoms with Gasteiger partial charge in [0, 0.05) is 5.56 Å². The number of carbonyl (C=O) groups excluding carboxylic acids is 1. The summed E-state index contributed by atoms with van der Waals surface area (Å²) in [6.07, 6.45) is 0.660.